The van der Waals surface area contributed by atoms with Crippen LogP contribution in [0, 0.1) is 12.3 Å². The van der Waals surface area contributed by atoms with E-state index in [1.807, 2.05) is 0 Å². The number of rotatable bonds is 5. The minimum Gasteiger partial charge on any atom is -0.354 e. The van der Waals surface area contributed by atoms with Crippen molar-refractivity contribution in [1.82, 2.24) is 5.32 Å². The molecule has 3 N–H and O–H groups in total. The van der Waals surface area contributed by atoms with Gasteiger partial charge in [-0.2, -0.15) is 0 Å². The number of nitrogens with two attached hydrogens (primary N) is 1. The number of nitrogens with one attached hydrogen (secondary N) is 1. The molecular weight excluding hydrogens is 200 g/mol. The summed E-state index contributed by atoms with van der Waals surface area (Å²) in [4.78, 5) is 11.4. The minimum atomic E-state index is -0.565. The number of amides is 1. The highest BCUT2D eigenvalue weighted by Crippen LogP contribution is 2.19. The van der Waals surface area contributed by atoms with E-state index in [1.54, 1.807) is 0 Å². The summed E-state index contributed by atoms with van der Waals surface area (Å²) in [6, 6.07) is -0.565. The molecule has 0 saturated heterocycles. The first kappa shape index (κ1) is 12.8. The number of carbonyl (C=O) groups is 1. The van der Waals surface area contributed by atoms with Crippen LogP contribution in [0.15, 0.2) is 11.6 Å². The molecule has 0 aromatic heterocycles. The maximum atomic E-state index is 11.4. The van der Waals surface area contributed by atoms with Gasteiger partial charge in [0.15, 0.2) is 0 Å². The van der Waals surface area contributed by atoms with Gasteiger partial charge < -0.3 is 11.1 Å². The van der Waals surface area contributed by atoms with Gasteiger partial charge in [0, 0.05) is 13.0 Å². The zero-order chi connectivity index (χ0) is 11.8. The highest BCUT2D eigenvalue weighted by molar-refractivity contribution is 5.81. The van der Waals surface area contributed by atoms with Crippen LogP contribution >= 0.6 is 0 Å². The average molecular weight is 220 g/mol. The number of allylic oxidation sites excluding steroid dienone is 1. The van der Waals surface area contributed by atoms with Gasteiger partial charge in [0.25, 0.3) is 0 Å². The second-order valence-electron chi connectivity index (χ2n) is 4.16. The summed E-state index contributed by atoms with van der Waals surface area (Å²) in [5, 5.41) is 2.81. The second-order valence-corrected chi connectivity index (χ2v) is 4.16. The van der Waals surface area contributed by atoms with Crippen LogP contribution in [0.4, 0.5) is 0 Å². The molecule has 1 rings (SSSR count). The summed E-state index contributed by atoms with van der Waals surface area (Å²) in [6.07, 6.45) is 13.5. The summed E-state index contributed by atoms with van der Waals surface area (Å²) in [7, 11) is 0. The van der Waals surface area contributed by atoms with E-state index in [0.717, 1.165) is 6.42 Å². The number of hydrogen-bond acceptors (Lipinski definition) is 2. The normalized spacial score (nSPS) is 17.1. The Morgan fingerprint density at radius 1 is 1.62 bits per heavy atom. The van der Waals surface area contributed by atoms with Crippen molar-refractivity contribution in [1.29, 1.82) is 0 Å². The third-order valence-corrected chi connectivity index (χ3v) is 2.80. The zero-order valence-electron chi connectivity index (χ0n) is 9.67. The molecule has 0 aromatic carbocycles. The van der Waals surface area contributed by atoms with Gasteiger partial charge in [0.2, 0.25) is 5.91 Å². The van der Waals surface area contributed by atoms with Gasteiger partial charge in [-0.1, -0.05) is 11.6 Å². The van der Waals surface area contributed by atoms with Crippen LogP contribution in [-0.2, 0) is 4.79 Å². The smallest absolute Gasteiger partial charge is 0.237 e. The topological polar surface area (TPSA) is 55.1 Å². The predicted molar refractivity (Wildman–Crippen MR) is 65.6 cm³/mol. The molecule has 1 amide bonds. The lowest BCUT2D eigenvalue weighted by Crippen LogP contribution is -2.40. The summed E-state index contributed by atoms with van der Waals surface area (Å²) in [6.45, 7) is 0.670. The minimum absolute atomic E-state index is 0.144. The van der Waals surface area contributed by atoms with Gasteiger partial charge in [-0.05, 0) is 32.1 Å². The van der Waals surface area contributed by atoms with Gasteiger partial charge in [-0.15, -0.1) is 12.3 Å². The summed E-state index contributed by atoms with van der Waals surface area (Å²) in [5.74, 6) is 2.25. The van der Waals surface area contributed by atoms with E-state index < -0.39 is 6.04 Å². The van der Waals surface area contributed by atoms with E-state index in [-0.39, 0.29) is 5.91 Å². The Balaban J connectivity index is 2.17. The van der Waals surface area contributed by atoms with E-state index in [4.69, 9.17) is 12.2 Å². The zero-order valence-corrected chi connectivity index (χ0v) is 9.67. The lowest BCUT2D eigenvalue weighted by Gasteiger charge is -2.14. The second kappa shape index (κ2) is 7.08. The number of terminal acetylenes is 1. The largest absolute Gasteiger partial charge is 0.354 e. The highest BCUT2D eigenvalue weighted by atomic mass is 16.2. The lowest BCUT2D eigenvalue weighted by molar-refractivity contribution is -0.122. The Bertz CT molecular complexity index is 302. The third kappa shape index (κ3) is 4.50. The first-order valence-corrected chi connectivity index (χ1v) is 5.88. The monoisotopic (exact) mass is 220 g/mol. The lowest BCUT2D eigenvalue weighted by atomic mass is 9.97. The van der Waals surface area contributed by atoms with Crippen molar-refractivity contribution in [3.63, 3.8) is 0 Å². The molecule has 0 aliphatic heterocycles. The van der Waals surface area contributed by atoms with Crippen molar-refractivity contribution >= 4 is 5.91 Å². The standard InChI is InChI=1S/C13H20N2O/c1-2-6-12(14)13(16)15-10-9-11-7-4-3-5-8-11/h1,7,12H,3-6,8-10,14H2,(H,15,16). The van der Waals surface area contributed by atoms with Crippen LogP contribution in [0.2, 0.25) is 0 Å². The predicted octanol–water partition coefficient (Wildman–Crippen LogP) is 1.34. The Morgan fingerprint density at radius 3 is 3.06 bits per heavy atom. The van der Waals surface area contributed by atoms with Crippen LogP contribution in [0.25, 0.3) is 0 Å². The van der Waals surface area contributed by atoms with E-state index >= 15 is 0 Å². The van der Waals surface area contributed by atoms with E-state index in [1.165, 1.54) is 31.3 Å². The molecule has 0 heterocycles. The highest BCUT2D eigenvalue weighted by Gasteiger charge is 2.11. The summed E-state index contributed by atoms with van der Waals surface area (Å²) in [5.41, 5.74) is 7.03. The fourth-order valence-electron chi connectivity index (χ4n) is 1.83. The quantitative estimate of drug-likeness (QED) is 0.542. The molecule has 16 heavy (non-hydrogen) atoms. The van der Waals surface area contributed by atoms with Crippen molar-refractivity contribution in [2.45, 2.75) is 44.6 Å². The van der Waals surface area contributed by atoms with Crippen LogP contribution in [0.3, 0.4) is 0 Å². The van der Waals surface area contributed by atoms with E-state index in [0.29, 0.717) is 13.0 Å². The van der Waals surface area contributed by atoms with E-state index in [9.17, 15) is 4.79 Å². The molecular formula is C13H20N2O. The van der Waals surface area contributed by atoms with Crippen molar-refractivity contribution in [2.75, 3.05) is 6.54 Å². The molecule has 1 unspecified atom stereocenters. The first-order chi connectivity index (χ1) is 7.74. The van der Waals surface area contributed by atoms with Gasteiger partial charge in [-0.3, -0.25) is 4.79 Å². The van der Waals surface area contributed by atoms with Gasteiger partial charge in [-0.25, -0.2) is 0 Å². The van der Waals surface area contributed by atoms with Crippen LogP contribution in [-0.4, -0.2) is 18.5 Å². The van der Waals surface area contributed by atoms with Gasteiger partial charge >= 0.3 is 0 Å². The van der Waals surface area contributed by atoms with Crippen LogP contribution in [0.5, 0.6) is 0 Å². The number of hydrogen-bond donors (Lipinski definition) is 2. The molecule has 88 valence electrons. The molecule has 0 aromatic rings. The summed E-state index contributed by atoms with van der Waals surface area (Å²) < 4.78 is 0. The molecule has 0 fully saturated rings. The molecule has 3 nitrogen and oxygen atoms in total. The first-order valence-electron chi connectivity index (χ1n) is 5.88. The molecule has 1 aliphatic rings. The maximum absolute atomic E-state index is 11.4. The van der Waals surface area contributed by atoms with Crippen molar-refractivity contribution < 1.29 is 4.79 Å². The fourth-order valence-corrected chi connectivity index (χ4v) is 1.83. The van der Waals surface area contributed by atoms with Crippen molar-refractivity contribution in [2.24, 2.45) is 5.73 Å². The Labute approximate surface area is 97.5 Å². The molecule has 0 spiro atoms. The molecule has 3 heteroatoms. The van der Waals surface area contributed by atoms with Gasteiger partial charge in [0.1, 0.15) is 0 Å². The molecule has 0 radical (unpaired) electrons. The maximum Gasteiger partial charge on any atom is 0.237 e. The molecule has 0 bridgehead atoms. The summed E-state index contributed by atoms with van der Waals surface area (Å²) >= 11 is 0. The molecule has 0 saturated carbocycles. The van der Waals surface area contributed by atoms with Crippen molar-refractivity contribution in [3.8, 4) is 12.3 Å². The van der Waals surface area contributed by atoms with Crippen LogP contribution < -0.4 is 11.1 Å². The average Bonchev–Trinajstić information content (AvgIpc) is 2.30. The fraction of sp³-hybridized carbons (Fsp3) is 0.615. The SMILES string of the molecule is C#CCC(N)C(=O)NCCC1=CCCCC1. The molecule has 1 aliphatic carbocycles. The van der Waals surface area contributed by atoms with E-state index in [2.05, 4.69) is 17.3 Å². The van der Waals surface area contributed by atoms with Crippen LogP contribution in [0.1, 0.15) is 38.5 Å². The Kier molecular flexibility index (Phi) is 5.66. The van der Waals surface area contributed by atoms with Gasteiger partial charge in [0.05, 0.1) is 6.04 Å². The third-order valence-electron chi connectivity index (χ3n) is 2.80. The van der Waals surface area contributed by atoms with Crippen molar-refractivity contribution in [3.05, 3.63) is 11.6 Å². The Morgan fingerprint density at radius 2 is 2.44 bits per heavy atom. The molecule has 1 atom stereocenters. The Hall–Kier alpha value is -1.27. The number of carbonyl (C=O) groups excluding carboxylic acids is 1.